The number of rotatable bonds is 7. The van der Waals surface area contributed by atoms with Gasteiger partial charge in [-0.1, -0.05) is 28.1 Å². The summed E-state index contributed by atoms with van der Waals surface area (Å²) in [6, 6.07) is 8.79. The van der Waals surface area contributed by atoms with E-state index in [1.165, 1.54) is 0 Å². The van der Waals surface area contributed by atoms with Crippen LogP contribution in [-0.2, 0) is 6.54 Å². The van der Waals surface area contributed by atoms with Gasteiger partial charge in [0.05, 0.1) is 18.4 Å². The number of nitrogens with zero attached hydrogens (tertiary/aromatic N) is 2. The Kier molecular flexibility index (Phi) is 5.96. The van der Waals surface area contributed by atoms with Crippen molar-refractivity contribution >= 4 is 15.9 Å². The fourth-order valence-corrected chi connectivity index (χ4v) is 2.37. The summed E-state index contributed by atoms with van der Waals surface area (Å²) in [5.41, 5.74) is 2.19. The monoisotopic (exact) mass is 350 g/mol. The molecule has 0 unspecified atom stereocenters. The van der Waals surface area contributed by atoms with E-state index in [2.05, 4.69) is 69.1 Å². The molecule has 1 aromatic carbocycles. The molecule has 1 heterocycles. The van der Waals surface area contributed by atoms with Gasteiger partial charge < -0.3 is 15.2 Å². The van der Waals surface area contributed by atoms with Gasteiger partial charge in [0.1, 0.15) is 5.82 Å². The molecule has 2 aromatic rings. The largest absolute Gasteiger partial charge is 0.341 e. The Morgan fingerprint density at radius 3 is 2.90 bits per heavy atom. The number of H-pyrrole nitrogens is 1. The Morgan fingerprint density at radius 2 is 2.19 bits per heavy atom. The van der Waals surface area contributed by atoms with Crippen molar-refractivity contribution in [1.29, 1.82) is 0 Å². The molecule has 0 saturated heterocycles. The minimum absolute atomic E-state index is 0.582. The van der Waals surface area contributed by atoms with E-state index in [4.69, 9.17) is 0 Å². The number of halogens is 1. The summed E-state index contributed by atoms with van der Waals surface area (Å²) in [6.07, 6.45) is 1.89. The number of nitrogens with one attached hydrogen (secondary N) is 2. The van der Waals surface area contributed by atoms with Crippen molar-refractivity contribution in [1.82, 2.24) is 20.2 Å². The molecule has 5 heteroatoms. The summed E-state index contributed by atoms with van der Waals surface area (Å²) in [5.74, 6) is 0.970. The Balaban J connectivity index is 1.84. The van der Waals surface area contributed by atoms with Gasteiger partial charge in [0.2, 0.25) is 0 Å². The summed E-state index contributed by atoms with van der Waals surface area (Å²) < 4.78 is 1.07. The third kappa shape index (κ3) is 4.95. The molecule has 0 aliphatic heterocycles. The number of benzene rings is 1. The average molecular weight is 351 g/mol. The molecule has 1 aromatic heterocycles. The molecule has 0 fully saturated rings. The van der Waals surface area contributed by atoms with E-state index in [1.807, 2.05) is 18.3 Å². The average Bonchev–Trinajstić information content (AvgIpc) is 2.92. The fourth-order valence-electron chi connectivity index (χ4n) is 1.98. The normalized spacial score (nSPS) is 11.5. The molecule has 0 aliphatic carbocycles. The van der Waals surface area contributed by atoms with Gasteiger partial charge in [0, 0.05) is 29.2 Å². The minimum Gasteiger partial charge on any atom is -0.341 e. The first-order valence-electron chi connectivity index (χ1n) is 7.27. The molecule has 0 spiro atoms. The Labute approximate surface area is 135 Å². The van der Waals surface area contributed by atoms with Gasteiger partial charge >= 0.3 is 0 Å². The van der Waals surface area contributed by atoms with E-state index in [1.54, 1.807) is 0 Å². The van der Waals surface area contributed by atoms with Crippen LogP contribution in [0.25, 0.3) is 11.3 Å². The molecule has 0 atom stereocenters. The smallest absolute Gasteiger partial charge is 0.120 e. The van der Waals surface area contributed by atoms with Crippen LogP contribution < -0.4 is 5.32 Å². The minimum atomic E-state index is 0.582. The molecule has 0 radical (unpaired) electrons. The third-order valence-corrected chi connectivity index (χ3v) is 4.07. The van der Waals surface area contributed by atoms with E-state index >= 15 is 0 Å². The Morgan fingerprint density at radius 1 is 1.38 bits per heavy atom. The summed E-state index contributed by atoms with van der Waals surface area (Å²) in [6.45, 7) is 7.17. The first-order valence-corrected chi connectivity index (χ1v) is 8.06. The molecule has 114 valence electrons. The van der Waals surface area contributed by atoms with E-state index in [0.717, 1.165) is 41.2 Å². The lowest BCUT2D eigenvalue weighted by atomic mass is 10.2. The van der Waals surface area contributed by atoms with Crippen LogP contribution in [0.4, 0.5) is 0 Å². The summed E-state index contributed by atoms with van der Waals surface area (Å²) >= 11 is 3.49. The molecule has 2 N–H and O–H groups in total. The van der Waals surface area contributed by atoms with E-state index < -0.39 is 0 Å². The molecule has 2 rings (SSSR count). The number of aromatic amines is 1. The van der Waals surface area contributed by atoms with Crippen LogP contribution in [0.2, 0.25) is 0 Å². The molecule has 4 nitrogen and oxygen atoms in total. The summed E-state index contributed by atoms with van der Waals surface area (Å²) in [5, 5.41) is 3.42. The van der Waals surface area contributed by atoms with Gasteiger partial charge in [-0.15, -0.1) is 0 Å². The predicted molar refractivity (Wildman–Crippen MR) is 91.2 cm³/mol. The molecule has 0 amide bonds. The van der Waals surface area contributed by atoms with E-state index in [-0.39, 0.29) is 0 Å². The first-order chi connectivity index (χ1) is 10.1. The second-order valence-corrected chi connectivity index (χ2v) is 6.42. The van der Waals surface area contributed by atoms with Crippen LogP contribution in [0.3, 0.4) is 0 Å². The SMILES string of the molecule is CC(C)N(C)CCNCc1ncc(-c2cccc(Br)c2)[nH]1. The fraction of sp³-hybridized carbons (Fsp3) is 0.438. The molecule has 0 aliphatic rings. The highest BCUT2D eigenvalue weighted by atomic mass is 79.9. The van der Waals surface area contributed by atoms with Crippen molar-refractivity contribution in [2.45, 2.75) is 26.4 Å². The van der Waals surface area contributed by atoms with Crippen LogP contribution in [0.5, 0.6) is 0 Å². The van der Waals surface area contributed by atoms with Crippen molar-refractivity contribution in [2.24, 2.45) is 0 Å². The van der Waals surface area contributed by atoms with Crippen LogP contribution >= 0.6 is 15.9 Å². The lowest BCUT2D eigenvalue weighted by molar-refractivity contribution is 0.273. The van der Waals surface area contributed by atoms with E-state index in [0.29, 0.717) is 6.04 Å². The zero-order valence-electron chi connectivity index (χ0n) is 12.9. The second kappa shape index (κ2) is 7.73. The number of imidazole rings is 1. The van der Waals surface area contributed by atoms with Crippen molar-refractivity contribution in [2.75, 3.05) is 20.1 Å². The van der Waals surface area contributed by atoms with Gasteiger partial charge in [-0.2, -0.15) is 0 Å². The highest BCUT2D eigenvalue weighted by Crippen LogP contribution is 2.21. The molecule has 21 heavy (non-hydrogen) atoms. The number of aromatic nitrogens is 2. The summed E-state index contributed by atoms with van der Waals surface area (Å²) in [4.78, 5) is 10.1. The maximum atomic E-state index is 4.43. The molecule has 0 bridgehead atoms. The molecule has 0 saturated carbocycles. The maximum absolute atomic E-state index is 4.43. The first kappa shape index (κ1) is 16.2. The van der Waals surface area contributed by atoms with Crippen LogP contribution in [0, 0.1) is 0 Å². The number of hydrogen-bond acceptors (Lipinski definition) is 3. The van der Waals surface area contributed by atoms with Crippen molar-refractivity contribution in [3.05, 3.63) is 40.8 Å². The van der Waals surface area contributed by atoms with Crippen LogP contribution in [0.15, 0.2) is 34.9 Å². The quantitative estimate of drug-likeness (QED) is 0.753. The zero-order chi connectivity index (χ0) is 15.2. The Hall–Kier alpha value is -1.17. The van der Waals surface area contributed by atoms with Gasteiger partial charge in [0.15, 0.2) is 0 Å². The number of hydrogen-bond donors (Lipinski definition) is 2. The van der Waals surface area contributed by atoms with Gasteiger partial charge in [-0.25, -0.2) is 4.98 Å². The zero-order valence-corrected chi connectivity index (χ0v) is 14.4. The molecular formula is C16H23BrN4. The van der Waals surface area contributed by atoms with Gasteiger partial charge in [-0.05, 0) is 33.0 Å². The lowest BCUT2D eigenvalue weighted by Crippen LogP contribution is -2.33. The van der Waals surface area contributed by atoms with Gasteiger partial charge in [0.25, 0.3) is 0 Å². The summed E-state index contributed by atoms with van der Waals surface area (Å²) in [7, 11) is 2.14. The Bertz CT molecular complexity index is 565. The predicted octanol–water partition coefficient (Wildman–Crippen LogP) is 3.27. The second-order valence-electron chi connectivity index (χ2n) is 5.51. The standard InChI is InChI=1S/C16H23BrN4/c1-12(2)21(3)8-7-18-11-16-19-10-15(20-16)13-5-4-6-14(17)9-13/h4-6,9-10,12,18H,7-8,11H2,1-3H3,(H,19,20). The van der Waals surface area contributed by atoms with E-state index in [9.17, 15) is 0 Å². The highest BCUT2D eigenvalue weighted by molar-refractivity contribution is 9.10. The van der Waals surface area contributed by atoms with Crippen LogP contribution in [0.1, 0.15) is 19.7 Å². The maximum Gasteiger partial charge on any atom is 0.120 e. The number of likely N-dealkylation sites (N-methyl/N-ethyl adjacent to an activating group) is 1. The highest BCUT2D eigenvalue weighted by Gasteiger charge is 2.05. The topological polar surface area (TPSA) is 44.0 Å². The van der Waals surface area contributed by atoms with Crippen molar-refractivity contribution in [3.63, 3.8) is 0 Å². The molecular weight excluding hydrogens is 328 g/mol. The third-order valence-electron chi connectivity index (χ3n) is 3.58. The van der Waals surface area contributed by atoms with Crippen molar-refractivity contribution < 1.29 is 0 Å². The van der Waals surface area contributed by atoms with Crippen LogP contribution in [-0.4, -0.2) is 41.0 Å². The van der Waals surface area contributed by atoms with Crippen molar-refractivity contribution in [3.8, 4) is 11.3 Å². The lowest BCUT2D eigenvalue weighted by Gasteiger charge is -2.20. The van der Waals surface area contributed by atoms with Gasteiger partial charge in [-0.3, -0.25) is 0 Å².